The van der Waals surface area contributed by atoms with Gasteiger partial charge in [-0.25, -0.2) is 0 Å². The van der Waals surface area contributed by atoms with E-state index in [9.17, 15) is 0 Å². The van der Waals surface area contributed by atoms with Crippen LogP contribution in [0.3, 0.4) is 0 Å². The van der Waals surface area contributed by atoms with Crippen molar-refractivity contribution in [1.29, 1.82) is 0 Å². The summed E-state index contributed by atoms with van der Waals surface area (Å²) in [7, 11) is 0. The Morgan fingerprint density at radius 3 is 3.19 bits per heavy atom. The highest BCUT2D eigenvalue weighted by Gasteiger charge is 2.17. The molecule has 0 spiro atoms. The number of rotatable bonds is 1. The van der Waals surface area contributed by atoms with Crippen LogP contribution >= 0.6 is 0 Å². The van der Waals surface area contributed by atoms with E-state index in [0.29, 0.717) is 0 Å². The standard InChI is InChI=1S/C12H15N3O/c1-8-10(15-12-13-5-6-14-12)3-2-9-4-7-16-11(8)9/h2-3H,4-7H2,1H3,(H2,13,14,15). The van der Waals surface area contributed by atoms with Crippen LogP contribution in [-0.2, 0) is 6.42 Å². The Balaban J connectivity index is 1.90. The zero-order chi connectivity index (χ0) is 11.0. The van der Waals surface area contributed by atoms with Crippen LogP contribution in [0.15, 0.2) is 17.1 Å². The van der Waals surface area contributed by atoms with Gasteiger partial charge < -0.3 is 15.4 Å². The summed E-state index contributed by atoms with van der Waals surface area (Å²) in [6.07, 6.45) is 1.02. The molecule has 2 aliphatic heterocycles. The number of fused-ring (bicyclic) bond motifs is 1. The first-order valence-electron chi connectivity index (χ1n) is 5.65. The lowest BCUT2D eigenvalue weighted by molar-refractivity contribution is 0.355. The number of nitrogens with one attached hydrogen (secondary N) is 2. The van der Waals surface area contributed by atoms with Gasteiger partial charge in [-0.1, -0.05) is 6.07 Å². The SMILES string of the molecule is Cc1c(NC2=NCCN2)ccc2c1OCC2. The van der Waals surface area contributed by atoms with Crippen molar-refractivity contribution in [3.63, 3.8) is 0 Å². The molecule has 4 nitrogen and oxygen atoms in total. The highest BCUT2D eigenvalue weighted by atomic mass is 16.5. The molecule has 0 amide bonds. The third-order valence-corrected chi connectivity index (χ3v) is 3.03. The zero-order valence-corrected chi connectivity index (χ0v) is 9.34. The lowest BCUT2D eigenvalue weighted by Crippen LogP contribution is -2.26. The minimum atomic E-state index is 0.804. The summed E-state index contributed by atoms with van der Waals surface area (Å²) in [5.41, 5.74) is 3.56. The minimum Gasteiger partial charge on any atom is -0.493 e. The monoisotopic (exact) mass is 217 g/mol. The third kappa shape index (κ3) is 1.50. The summed E-state index contributed by atoms with van der Waals surface area (Å²) < 4.78 is 5.63. The van der Waals surface area contributed by atoms with Gasteiger partial charge in [-0.3, -0.25) is 4.99 Å². The second-order valence-corrected chi connectivity index (χ2v) is 4.11. The van der Waals surface area contributed by atoms with Crippen molar-refractivity contribution in [2.45, 2.75) is 13.3 Å². The topological polar surface area (TPSA) is 45.7 Å². The van der Waals surface area contributed by atoms with Gasteiger partial charge in [-0.15, -0.1) is 0 Å². The predicted molar refractivity (Wildman–Crippen MR) is 64.3 cm³/mol. The Morgan fingerprint density at radius 1 is 1.44 bits per heavy atom. The van der Waals surface area contributed by atoms with Gasteiger partial charge in [0.1, 0.15) is 5.75 Å². The van der Waals surface area contributed by atoms with Crippen molar-refractivity contribution in [2.75, 3.05) is 25.0 Å². The van der Waals surface area contributed by atoms with Crippen LogP contribution in [-0.4, -0.2) is 25.7 Å². The number of aliphatic imine (C=N–C) groups is 1. The molecule has 0 fully saturated rings. The van der Waals surface area contributed by atoms with Gasteiger partial charge in [0.15, 0.2) is 5.96 Å². The van der Waals surface area contributed by atoms with Crippen LogP contribution in [0, 0.1) is 6.92 Å². The highest BCUT2D eigenvalue weighted by Crippen LogP contribution is 2.33. The smallest absolute Gasteiger partial charge is 0.195 e. The van der Waals surface area contributed by atoms with Gasteiger partial charge in [0.05, 0.1) is 13.2 Å². The molecular formula is C12H15N3O. The van der Waals surface area contributed by atoms with Crippen LogP contribution in [0.1, 0.15) is 11.1 Å². The number of anilines is 1. The molecule has 0 aliphatic carbocycles. The van der Waals surface area contributed by atoms with E-state index in [2.05, 4.69) is 34.7 Å². The maximum absolute atomic E-state index is 5.63. The fraction of sp³-hybridized carbons (Fsp3) is 0.417. The summed E-state index contributed by atoms with van der Waals surface area (Å²) in [5.74, 6) is 1.91. The minimum absolute atomic E-state index is 0.804. The van der Waals surface area contributed by atoms with Crippen molar-refractivity contribution in [2.24, 2.45) is 4.99 Å². The summed E-state index contributed by atoms with van der Waals surface area (Å²) in [4.78, 5) is 4.32. The van der Waals surface area contributed by atoms with E-state index >= 15 is 0 Å². The number of hydrogen-bond donors (Lipinski definition) is 2. The molecule has 0 unspecified atom stereocenters. The van der Waals surface area contributed by atoms with E-state index in [1.54, 1.807) is 0 Å². The van der Waals surface area contributed by atoms with E-state index < -0.39 is 0 Å². The average molecular weight is 217 g/mol. The second-order valence-electron chi connectivity index (χ2n) is 4.11. The van der Waals surface area contributed by atoms with Gasteiger partial charge in [0.25, 0.3) is 0 Å². The molecule has 3 rings (SSSR count). The van der Waals surface area contributed by atoms with E-state index in [1.807, 2.05) is 0 Å². The molecule has 2 heterocycles. The predicted octanol–water partition coefficient (Wildman–Crippen LogP) is 1.30. The Hall–Kier alpha value is -1.71. The molecule has 84 valence electrons. The molecule has 4 heteroatoms. The van der Waals surface area contributed by atoms with Crippen molar-refractivity contribution in [1.82, 2.24) is 5.32 Å². The molecule has 2 aliphatic rings. The summed E-state index contributed by atoms with van der Waals surface area (Å²) >= 11 is 0. The van der Waals surface area contributed by atoms with Crippen LogP contribution < -0.4 is 15.4 Å². The highest BCUT2D eigenvalue weighted by molar-refractivity contribution is 5.95. The molecule has 0 aromatic heterocycles. The van der Waals surface area contributed by atoms with Gasteiger partial charge in [-0.2, -0.15) is 0 Å². The molecule has 0 saturated carbocycles. The van der Waals surface area contributed by atoms with Crippen LogP contribution in [0.2, 0.25) is 0 Å². The lowest BCUT2D eigenvalue weighted by Gasteiger charge is -2.12. The molecule has 0 bridgehead atoms. The van der Waals surface area contributed by atoms with Crippen LogP contribution in [0.25, 0.3) is 0 Å². The van der Waals surface area contributed by atoms with E-state index in [0.717, 1.165) is 43.5 Å². The molecule has 0 atom stereocenters. The average Bonchev–Trinajstić information content (AvgIpc) is 2.93. The lowest BCUT2D eigenvalue weighted by atomic mass is 10.1. The first-order chi connectivity index (χ1) is 7.84. The number of benzene rings is 1. The Morgan fingerprint density at radius 2 is 2.38 bits per heavy atom. The largest absolute Gasteiger partial charge is 0.493 e. The Labute approximate surface area is 94.7 Å². The summed E-state index contributed by atoms with van der Waals surface area (Å²) in [6, 6.07) is 4.23. The van der Waals surface area contributed by atoms with Crippen molar-refractivity contribution >= 4 is 11.6 Å². The molecule has 0 radical (unpaired) electrons. The number of guanidine groups is 1. The van der Waals surface area contributed by atoms with Gasteiger partial charge in [0.2, 0.25) is 0 Å². The van der Waals surface area contributed by atoms with Gasteiger partial charge in [-0.05, 0) is 18.6 Å². The van der Waals surface area contributed by atoms with Crippen LogP contribution in [0.5, 0.6) is 5.75 Å². The zero-order valence-electron chi connectivity index (χ0n) is 9.34. The maximum atomic E-state index is 5.63. The molecule has 2 N–H and O–H groups in total. The molecule has 16 heavy (non-hydrogen) atoms. The normalized spacial score (nSPS) is 17.4. The van der Waals surface area contributed by atoms with Crippen molar-refractivity contribution in [3.05, 3.63) is 23.3 Å². The maximum Gasteiger partial charge on any atom is 0.195 e. The van der Waals surface area contributed by atoms with Gasteiger partial charge >= 0.3 is 0 Å². The van der Waals surface area contributed by atoms with E-state index in [1.165, 1.54) is 11.1 Å². The van der Waals surface area contributed by atoms with E-state index in [-0.39, 0.29) is 0 Å². The quantitative estimate of drug-likeness (QED) is 0.745. The van der Waals surface area contributed by atoms with Crippen molar-refractivity contribution in [3.8, 4) is 5.75 Å². The Kier molecular flexibility index (Phi) is 2.20. The molecule has 0 saturated heterocycles. The molecular weight excluding hydrogens is 202 g/mol. The number of nitrogens with zero attached hydrogens (tertiary/aromatic N) is 1. The van der Waals surface area contributed by atoms with Crippen LogP contribution in [0.4, 0.5) is 5.69 Å². The summed E-state index contributed by atoms with van der Waals surface area (Å²) in [5, 5.41) is 6.50. The molecule has 1 aromatic rings. The number of hydrogen-bond acceptors (Lipinski definition) is 4. The second kappa shape index (κ2) is 3.70. The van der Waals surface area contributed by atoms with Crippen molar-refractivity contribution < 1.29 is 4.74 Å². The molecule has 1 aromatic carbocycles. The fourth-order valence-electron chi connectivity index (χ4n) is 2.15. The Bertz CT molecular complexity index is 454. The van der Waals surface area contributed by atoms with E-state index in [4.69, 9.17) is 4.74 Å². The van der Waals surface area contributed by atoms with Gasteiger partial charge in [0, 0.05) is 24.2 Å². The first kappa shape index (κ1) is 9.51. The first-order valence-corrected chi connectivity index (χ1v) is 5.65. The third-order valence-electron chi connectivity index (χ3n) is 3.03. The fourth-order valence-corrected chi connectivity index (χ4v) is 2.15. The number of ether oxygens (including phenoxy) is 1. The summed E-state index contributed by atoms with van der Waals surface area (Å²) in [6.45, 7) is 4.66.